The zero-order valence-corrected chi connectivity index (χ0v) is 16.9. The number of carbonyl (C=O) groups excluding carboxylic acids is 1. The Bertz CT molecular complexity index is 435. The minimum atomic E-state index is -1.09. The van der Waals surface area contributed by atoms with Crippen LogP contribution in [0, 0.1) is 0 Å². The highest BCUT2D eigenvalue weighted by Crippen LogP contribution is 2.30. The Hall–Kier alpha value is -1.01. The third kappa shape index (κ3) is 6.95. The maximum absolute atomic E-state index is 12.5. The summed E-state index contributed by atoms with van der Waals surface area (Å²) in [4.78, 5) is 14.1. The van der Waals surface area contributed by atoms with Crippen molar-refractivity contribution in [2.75, 3.05) is 13.2 Å². The predicted molar refractivity (Wildman–Crippen MR) is 95.1 cm³/mol. The number of ether oxygens (including phenoxy) is 3. The van der Waals surface area contributed by atoms with Crippen LogP contribution in [0.25, 0.3) is 0 Å². The van der Waals surface area contributed by atoms with Crippen LogP contribution in [-0.2, 0) is 14.2 Å². The molecule has 1 atom stereocenters. The maximum atomic E-state index is 12.5. The largest absolute Gasteiger partial charge is 0.502 e. The van der Waals surface area contributed by atoms with Crippen molar-refractivity contribution in [2.24, 2.45) is 0 Å². The summed E-state index contributed by atoms with van der Waals surface area (Å²) >= 11 is 0. The molecule has 1 amide bonds. The number of nitrogens with zero attached hydrogens (tertiary/aromatic N) is 1. The Labute approximate surface area is 142 Å². The van der Waals surface area contributed by atoms with E-state index in [4.69, 9.17) is 14.2 Å². The monoisotopic (exact) mass is 343 g/mol. The Morgan fingerprint density at radius 3 is 2.48 bits per heavy atom. The fourth-order valence-electron chi connectivity index (χ4n) is 2.22. The van der Waals surface area contributed by atoms with Gasteiger partial charge in [0.15, 0.2) is 0 Å². The van der Waals surface area contributed by atoms with E-state index in [2.05, 4.69) is 19.6 Å². The summed E-state index contributed by atoms with van der Waals surface area (Å²) in [5.74, 6) is 0. The lowest BCUT2D eigenvalue weighted by molar-refractivity contribution is -0.0610. The van der Waals surface area contributed by atoms with Gasteiger partial charge in [-0.15, -0.1) is 0 Å². The lowest BCUT2D eigenvalue weighted by Crippen LogP contribution is -2.49. The molecule has 1 aliphatic heterocycles. The van der Waals surface area contributed by atoms with E-state index in [1.807, 2.05) is 40.7 Å². The van der Waals surface area contributed by atoms with Crippen LogP contribution in [0.3, 0.4) is 0 Å². The quantitative estimate of drug-likeness (QED) is 0.426. The van der Waals surface area contributed by atoms with Gasteiger partial charge in [-0.25, -0.2) is 4.79 Å². The summed E-state index contributed by atoms with van der Waals surface area (Å²) in [5.41, 5.74) is -1.21. The molecule has 0 radical (unpaired) electrons. The fraction of sp³-hybridized carbons (Fsp3) is 0.824. The first-order chi connectivity index (χ1) is 10.3. The Morgan fingerprint density at radius 2 is 1.96 bits per heavy atom. The highest BCUT2D eigenvalue weighted by atomic mass is 28.3. The van der Waals surface area contributed by atoms with E-state index in [0.717, 1.165) is 12.7 Å². The topological polar surface area (TPSA) is 48.0 Å². The van der Waals surface area contributed by atoms with E-state index in [1.54, 1.807) is 11.2 Å². The molecule has 1 saturated heterocycles. The van der Waals surface area contributed by atoms with Gasteiger partial charge in [-0.05, 0) is 46.7 Å². The lowest BCUT2D eigenvalue weighted by Gasteiger charge is -2.34. The number of carbonyl (C=O) groups is 1. The molecule has 0 unspecified atom stereocenters. The average molecular weight is 344 g/mol. The van der Waals surface area contributed by atoms with Gasteiger partial charge in [0.05, 0.1) is 25.5 Å². The molecule has 0 aliphatic carbocycles. The maximum Gasteiger partial charge on any atom is 0.413 e. The average Bonchev–Trinajstić information content (AvgIpc) is 2.60. The highest BCUT2D eigenvalue weighted by molar-refractivity contribution is 6.76. The third-order valence-corrected chi connectivity index (χ3v) is 5.18. The SMILES string of the molecule is CC(C)(C)OC(=O)N1[C@H](/C=C/OCC[Si](C)(C)C)COC1(C)C. The normalized spacial score (nSPS) is 21.7. The van der Waals surface area contributed by atoms with E-state index in [9.17, 15) is 4.79 Å². The van der Waals surface area contributed by atoms with Crippen LogP contribution in [0.4, 0.5) is 4.79 Å². The first-order valence-corrected chi connectivity index (χ1v) is 12.0. The molecule has 0 aromatic rings. The number of rotatable bonds is 5. The van der Waals surface area contributed by atoms with Crippen molar-refractivity contribution in [3.8, 4) is 0 Å². The minimum Gasteiger partial charge on any atom is -0.502 e. The van der Waals surface area contributed by atoms with Gasteiger partial charge in [0.25, 0.3) is 0 Å². The van der Waals surface area contributed by atoms with Crippen molar-refractivity contribution in [1.29, 1.82) is 0 Å². The first kappa shape index (κ1) is 20.0. The van der Waals surface area contributed by atoms with Crippen LogP contribution in [0.5, 0.6) is 0 Å². The second kappa shape index (κ2) is 7.26. The number of amides is 1. The van der Waals surface area contributed by atoms with E-state index in [0.29, 0.717) is 6.61 Å². The number of hydrogen-bond donors (Lipinski definition) is 0. The van der Waals surface area contributed by atoms with Crippen molar-refractivity contribution in [2.45, 2.75) is 77.7 Å². The van der Waals surface area contributed by atoms with Crippen molar-refractivity contribution >= 4 is 14.2 Å². The molecular formula is C17H33NO4Si. The van der Waals surface area contributed by atoms with Crippen LogP contribution >= 0.6 is 0 Å². The van der Waals surface area contributed by atoms with Crippen molar-refractivity contribution < 1.29 is 19.0 Å². The molecule has 1 fully saturated rings. The second-order valence-corrected chi connectivity index (χ2v) is 14.3. The molecule has 0 bridgehead atoms. The molecule has 1 heterocycles. The summed E-state index contributed by atoms with van der Waals surface area (Å²) in [6.45, 7) is 17.4. The van der Waals surface area contributed by atoms with Gasteiger partial charge in [0.1, 0.15) is 11.3 Å². The molecule has 1 aliphatic rings. The summed E-state index contributed by atoms with van der Waals surface area (Å²) in [6, 6.07) is 0.937. The Morgan fingerprint density at radius 1 is 1.35 bits per heavy atom. The van der Waals surface area contributed by atoms with Crippen LogP contribution in [0.15, 0.2) is 12.3 Å². The van der Waals surface area contributed by atoms with E-state index in [1.165, 1.54) is 0 Å². The Balaban J connectivity index is 2.64. The van der Waals surface area contributed by atoms with E-state index in [-0.39, 0.29) is 12.1 Å². The molecule has 134 valence electrons. The van der Waals surface area contributed by atoms with Crippen molar-refractivity contribution in [3.63, 3.8) is 0 Å². The van der Waals surface area contributed by atoms with Crippen LogP contribution in [0.1, 0.15) is 34.6 Å². The Kier molecular flexibility index (Phi) is 6.32. The van der Waals surface area contributed by atoms with E-state index >= 15 is 0 Å². The molecule has 5 nitrogen and oxygen atoms in total. The third-order valence-electron chi connectivity index (χ3n) is 3.48. The summed E-state index contributed by atoms with van der Waals surface area (Å²) in [5, 5.41) is 0. The van der Waals surface area contributed by atoms with Crippen molar-refractivity contribution in [1.82, 2.24) is 4.90 Å². The highest BCUT2D eigenvalue weighted by Gasteiger charge is 2.44. The molecule has 0 N–H and O–H groups in total. The van der Waals surface area contributed by atoms with Gasteiger partial charge >= 0.3 is 6.09 Å². The fourth-order valence-corrected chi connectivity index (χ4v) is 2.95. The summed E-state index contributed by atoms with van der Waals surface area (Å²) < 4.78 is 16.8. The molecular weight excluding hydrogens is 310 g/mol. The predicted octanol–water partition coefficient (Wildman–Crippen LogP) is 4.23. The lowest BCUT2D eigenvalue weighted by atomic mass is 10.2. The summed E-state index contributed by atoms with van der Waals surface area (Å²) in [7, 11) is -1.09. The molecule has 0 spiro atoms. The smallest absolute Gasteiger partial charge is 0.413 e. The zero-order chi connectivity index (χ0) is 17.9. The van der Waals surface area contributed by atoms with Gasteiger partial charge in [-0.3, -0.25) is 4.90 Å². The molecule has 0 saturated carbocycles. The molecule has 6 heteroatoms. The van der Waals surface area contributed by atoms with E-state index < -0.39 is 19.4 Å². The van der Waals surface area contributed by atoms with Crippen molar-refractivity contribution in [3.05, 3.63) is 12.3 Å². The van der Waals surface area contributed by atoms with Crippen LogP contribution < -0.4 is 0 Å². The van der Waals surface area contributed by atoms with Gasteiger partial charge < -0.3 is 14.2 Å². The molecule has 0 aromatic carbocycles. The molecule has 0 aromatic heterocycles. The number of hydrogen-bond acceptors (Lipinski definition) is 4. The van der Waals surface area contributed by atoms with Gasteiger partial charge in [-0.1, -0.05) is 19.6 Å². The van der Waals surface area contributed by atoms with Gasteiger partial charge in [-0.2, -0.15) is 0 Å². The molecule has 23 heavy (non-hydrogen) atoms. The van der Waals surface area contributed by atoms with Gasteiger partial charge in [0, 0.05) is 8.07 Å². The van der Waals surface area contributed by atoms with Crippen LogP contribution in [-0.4, -0.2) is 49.6 Å². The minimum absolute atomic E-state index is 0.174. The standard InChI is InChI=1S/C17H33NO4Si/c1-16(2,3)22-15(19)18-14(13-21-17(18,4)5)9-10-20-11-12-23(6,7)8/h9-10,14H,11-13H2,1-8H3/b10-9+/t14-/m1/s1. The molecule has 1 rings (SSSR count). The second-order valence-electron chi connectivity index (χ2n) is 8.69. The van der Waals surface area contributed by atoms with Crippen LogP contribution in [0.2, 0.25) is 25.7 Å². The van der Waals surface area contributed by atoms with Gasteiger partial charge in [0.2, 0.25) is 0 Å². The summed E-state index contributed by atoms with van der Waals surface area (Å²) in [6.07, 6.45) is 3.20. The zero-order valence-electron chi connectivity index (χ0n) is 15.9. The first-order valence-electron chi connectivity index (χ1n) is 8.26.